The van der Waals surface area contributed by atoms with Gasteiger partial charge in [0.2, 0.25) is 0 Å². The fourth-order valence-electron chi connectivity index (χ4n) is 4.27. The summed E-state index contributed by atoms with van der Waals surface area (Å²) in [6.45, 7) is 9.03. The largest absolute Gasteiger partial charge is 0.380 e. The van der Waals surface area contributed by atoms with Gasteiger partial charge in [-0.05, 0) is 39.0 Å². The summed E-state index contributed by atoms with van der Waals surface area (Å²) < 4.78 is 5.62. The molecule has 1 N–H and O–H groups in total. The maximum Gasteiger partial charge on any atom is 0.0622 e. The van der Waals surface area contributed by atoms with Crippen LogP contribution in [-0.2, 0) is 4.74 Å². The van der Waals surface area contributed by atoms with Crippen LogP contribution in [0, 0.1) is 5.92 Å². The molecule has 0 aromatic carbocycles. The van der Waals surface area contributed by atoms with Crippen molar-refractivity contribution in [1.82, 2.24) is 10.2 Å². The maximum atomic E-state index is 5.62. The number of hydrogen-bond acceptors (Lipinski definition) is 3. The predicted molar refractivity (Wildman–Crippen MR) is 78.4 cm³/mol. The minimum absolute atomic E-state index is 0.281. The van der Waals surface area contributed by atoms with Gasteiger partial charge in [0.1, 0.15) is 0 Å². The SMILES string of the molecule is CC1(C)CNC(C2CCCCC2)CN1C1CCOC1. The maximum absolute atomic E-state index is 5.62. The van der Waals surface area contributed by atoms with E-state index in [0.717, 1.165) is 25.7 Å². The van der Waals surface area contributed by atoms with Crippen LogP contribution in [0.15, 0.2) is 0 Å². The summed E-state index contributed by atoms with van der Waals surface area (Å²) in [6, 6.07) is 1.37. The first-order chi connectivity index (χ1) is 9.17. The van der Waals surface area contributed by atoms with Gasteiger partial charge in [-0.3, -0.25) is 4.90 Å². The third kappa shape index (κ3) is 2.98. The first-order valence-electron chi connectivity index (χ1n) is 8.25. The standard InChI is InChI=1S/C16H30N2O/c1-16(2)12-17-15(13-6-4-3-5-7-13)10-18(16)14-8-9-19-11-14/h13-15,17H,3-12H2,1-2H3. The molecule has 0 aromatic heterocycles. The molecule has 3 aliphatic rings. The zero-order valence-corrected chi connectivity index (χ0v) is 12.7. The molecule has 2 unspecified atom stereocenters. The van der Waals surface area contributed by atoms with Crippen molar-refractivity contribution in [3.05, 3.63) is 0 Å². The minimum Gasteiger partial charge on any atom is -0.380 e. The van der Waals surface area contributed by atoms with Crippen molar-refractivity contribution in [2.75, 3.05) is 26.3 Å². The van der Waals surface area contributed by atoms with E-state index in [1.807, 2.05) is 0 Å². The van der Waals surface area contributed by atoms with Gasteiger partial charge in [-0.2, -0.15) is 0 Å². The van der Waals surface area contributed by atoms with E-state index in [9.17, 15) is 0 Å². The quantitative estimate of drug-likeness (QED) is 0.830. The van der Waals surface area contributed by atoms with E-state index in [4.69, 9.17) is 4.74 Å². The van der Waals surface area contributed by atoms with Crippen molar-refractivity contribution >= 4 is 0 Å². The Bertz CT molecular complexity index is 293. The molecule has 0 aromatic rings. The van der Waals surface area contributed by atoms with E-state index >= 15 is 0 Å². The Morgan fingerprint density at radius 2 is 1.89 bits per heavy atom. The van der Waals surface area contributed by atoms with E-state index in [1.54, 1.807) is 0 Å². The summed E-state index contributed by atoms with van der Waals surface area (Å²) in [4.78, 5) is 2.75. The van der Waals surface area contributed by atoms with Gasteiger partial charge in [-0.25, -0.2) is 0 Å². The van der Waals surface area contributed by atoms with Gasteiger partial charge in [0.15, 0.2) is 0 Å². The highest BCUT2D eigenvalue weighted by Gasteiger charge is 2.41. The Morgan fingerprint density at radius 3 is 2.58 bits per heavy atom. The zero-order chi connectivity index (χ0) is 13.3. The molecule has 1 saturated carbocycles. The first-order valence-corrected chi connectivity index (χ1v) is 8.25. The number of nitrogens with zero attached hydrogens (tertiary/aromatic N) is 1. The smallest absolute Gasteiger partial charge is 0.0622 e. The highest BCUT2D eigenvalue weighted by atomic mass is 16.5. The van der Waals surface area contributed by atoms with Gasteiger partial charge in [0, 0.05) is 37.3 Å². The van der Waals surface area contributed by atoms with Crippen LogP contribution < -0.4 is 5.32 Å². The number of ether oxygens (including phenoxy) is 1. The normalized spacial score (nSPS) is 37.6. The molecule has 19 heavy (non-hydrogen) atoms. The van der Waals surface area contributed by atoms with Gasteiger partial charge in [-0.1, -0.05) is 19.3 Å². The molecule has 0 spiro atoms. The Hall–Kier alpha value is -0.120. The van der Waals surface area contributed by atoms with E-state index in [-0.39, 0.29) is 5.54 Å². The van der Waals surface area contributed by atoms with Crippen LogP contribution in [-0.4, -0.2) is 48.8 Å². The molecule has 3 fully saturated rings. The minimum atomic E-state index is 0.281. The summed E-state index contributed by atoms with van der Waals surface area (Å²) in [7, 11) is 0. The van der Waals surface area contributed by atoms with Gasteiger partial charge in [0.05, 0.1) is 6.61 Å². The number of nitrogens with one attached hydrogen (secondary N) is 1. The average molecular weight is 266 g/mol. The van der Waals surface area contributed by atoms with Gasteiger partial charge in [0.25, 0.3) is 0 Å². The lowest BCUT2D eigenvalue weighted by molar-refractivity contribution is 0.00495. The van der Waals surface area contributed by atoms with Gasteiger partial charge in [-0.15, -0.1) is 0 Å². The van der Waals surface area contributed by atoms with Crippen LogP contribution in [0.5, 0.6) is 0 Å². The summed E-state index contributed by atoms with van der Waals surface area (Å²) in [5.74, 6) is 0.912. The van der Waals surface area contributed by atoms with Crippen molar-refractivity contribution in [3.8, 4) is 0 Å². The lowest BCUT2D eigenvalue weighted by Crippen LogP contribution is -2.66. The topological polar surface area (TPSA) is 24.5 Å². The number of hydrogen-bond donors (Lipinski definition) is 1. The lowest BCUT2D eigenvalue weighted by Gasteiger charge is -2.50. The first kappa shape index (κ1) is 13.8. The Morgan fingerprint density at radius 1 is 1.11 bits per heavy atom. The molecular formula is C16H30N2O. The lowest BCUT2D eigenvalue weighted by atomic mass is 9.81. The molecular weight excluding hydrogens is 236 g/mol. The predicted octanol–water partition coefficient (Wildman–Crippen LogP) is 2.41. The Kier molecular flexibility index (Phi) is 4.16. The third-order valence-corrected chi connectivity index (χ3v) is 5.53. The van der Waals surface area contributed by atoms with Crippen molar-refractivity contribution in [1.29, 1.82) is 0 Å². The van der Waals surface area contributed by atoms with Crippen LogP contribution >= 0.6 is 0 Å². The van der Waals surface area contributed by atoms with E-state index in [1.165, 1.54) is 45.1 Å². The molecule has 3 heteroatoms. The van der Waals surface area contributed by atoms with Crippen molar-refractivity contribution in [3.63, 3.8) is 0 Å². The molecule has 0 amide bonds. The summed E-state index contributed by atoms with van der Waals surface area (Å²) in [5, 5.41) is 3.85. The molecule has 3 nitrogen and oxygen atoms in total. The second-order valence-corrected chi connectivity index (χ2v) is 7.37. The van der Waals surface area contributed by atoms with Crippen molar-refractivity contribution < 1.29 is 4.74 Å². The summed E-state index contributed by atoms with van der Waals surface area (Å²) in [5.41, 5.74) is 0.281. The Balaban J connectivity index is 1.66. The molecule has 0 radical (unpaired) electrons. The Labute approximate surface area is 118 Å². The molecule has 3 rings (SSSR count). The highest BCUT2D eigenvalue weighted by molar-refractivity contribution is 4.98. The van der Waals surface area contributed by atoms with E-state index < -0.39 is 0 Å². The summed E-state index contributed by atoms with van der Waals surface area (Å²) in [6.07, 6.45) is 8.44. The summed E-state index contributed by atoms with van der Waals surface area (Å²) >= 11 is 0. The second-order valence-electron chi connectivity index (χ2n) is 7.37. The van der Waals surface area contributed by atoms with E-state index in [0.29, 0.717) is 12.1 Å². The van der Waals surface area contributed by atoms with Crippen LogP contribution in [0.1, 0.15) is 52.4 Å². The molecule has 2 saturated heterocycles. The van der Waals surface area contributed by atoms with Crippen LogP contribution in [0.3, 0.4) is 0 Å². The highest BCUT2D eigenvalue weighted by Crippen LogP contribution is 2.32. The van der Waals surface area contributed by atoms with Crippen molar-refractivity contribution in [2.24, 2.45) is 5.92 Å². The fraction of sp³-hybridized carbons (Fsp3) is 1.00. The average Bonchev–Trinajstić information content (AvgIpc) is 2.93. The monoisotopic (exact) mass is 266 g/mol. The molecule has 2 heterocycles. The molecule has 0 bridgehead atoms. The van der Waals surface area contributed by atoms with Crippen molar-refractivity contribution in [2.45, 2.75) is 70.0 Å². The molecule has 2 aliphatic heterocycles. The van der Waals surface area contributed by atoms with Crippen LogP contribution in [0.25, 0.3) is 0 Å². The number of piperazine rings is 1. The zero-order valence-electron chi connectivity index (χ0n) is 12.7. The molecule has 1 aliphatic carbocycles. The third-order valence-electron chi connectivity index (χ3n) is 5.53. The fourth-order valence-corrected chi connectivity index (χ4v) is 4.27. The molecule has 2 atom stereocenters. The second kappa shape index (κ2) is 5.71. The van der Waals surface area contributed by atoms with E-state index in [2.05, 4.69) is 24.1 Å². The number of rotatable bonds is 2. The van der Waals surface area contributed by atoms with Crippen LogP contribution in [0.4, 0.5) is 0 Å². The van der Waals surface area contributed by atoms with Gasteiger partial charge < -0.3 is 10.1 Å². The van der Waals surface area contributed by atoms with Crippen LogP contribution in [0.2, 0.25) is 0 Å². The molecule has 110 valence electrons. The van der Waals surface area contributed by atoms with Gasteiger partial charge >= 0.3 is 0 Å².